The van der Waals surface area contributed by atoms with E-state index in [9.17, 15) is 0 Å². The average molecular weight is 264 g/mol. The number of nitrogens with two attached hydrogens (primary N) is 1. The third-order valence-corrected chi connectivity index (χ3v) is 3.72. The quantitative estimate of drug-likeness (QED) is 0.845. The van der Waals surface area contributed by atoms with Crippen molar-refractivity contribution in [1.82, 2.24) is 15.0 Å². The molecule has 2 atom stereocenters. The molecule has 0 aliphatic heterocycles. The van der Waals surface area contributed by atoms with Gasteiger partial charge in [-0.05, 0) is 39.0 Å². The maximum Gasteiger partial charge on any atom is 0.231 e. The molecule has 2 unspecified atom stereocenters. The Hall–Kier alpha value is -1.59. The molecule has 0 amide bonds. The van der Waals surface area contributed by atoms with Crippen LogP contribution in [-0.2, 0) is 0 Å². The van der Waals surface area contributed by atoms with Crippen LogP contribution >= 0.6 is 0 Å². The molecule has 0 spiro atoms. The number of nitrogen functional groups attached to an aromatic ring is 1. The lowest BCUT2D eigenvalue weighted by molar-refractivity contribution is 0.601. The van der Waals surface area contributed by atoms with Crippen molar-refractivity contribution >= 4 is 17.8 Å². The Morgan fingerprint density at radius 1 is 1.21 bits per heavy atom. The maximum absolute atomic E-state index is 5.78. The van der Waals surface area contributed by atoms with Crippen LogP contribution in [0.5, 0.6) is 0 Å². The van der Waals surface area contributed by atoms with E-state index < -0.39 is 0 Å². The van der Waals surface area contributed by atoms with Crippen LogP contribution in [0.3, 0.4) is 0 Å². The fourth-order valence-corrected chi connectivity index (χ4v) is 2.61. The third kappa shape index (κ3) is 3.45. The van der Waals surface area contributed by atoms with Gasteiger partial charge in [0, 0.05) is 19.1 Å². The molecule has 2 rings (SSSR count). The first-order valence-corrected chi connectivity index (χ1v) is 7.15. The van der Waals surface area contributed by atoms with Crippen LogP contribution in [0.4, 0.5) is 17.8 Å². The summed E-state index contributed by atoms with van der Waals surface area (Å²) in [6.07, 6.45) is 3.61. The van der Waals surface area contributed by atoms with Crippen molar-refractivity contribution in [2.75, 3.05) is 29.0 Å². The molecule has 1 saturated carbocycles. The third-order valence-electron chi connectivity index (χ3n) is 3.72. The van der Waals surface area contributed by atoms with Crippen LogP contribution < -0.4 is 16.0 Å². The van der Waals surface area contributed by atoms with E-state index in [4.69, 9.17) is 5.73 Å². The van der Waals surface area contributed by atoms with E-state index in [1.54, 1.807) is 0 Å². The van der Waals surface area contributed by atoms with E-state index in [-0.39, 0.29) is 5.95 Å². The predicted molar refractivity (Wildman–Crippen MR) is 78.2 cm³/mol. The summed E-state index contributed by atoms with van der Waals surface area (Å²) < 4.78 is 0. The standard InChI is InChI=1S/C13H24N6/c1-4-19(5-2)13-17-11(14)16-12(18-13)15-10-7-6-9(3)8-10/h9-10H,4-8H2,1-3H3,(H3,14,15,16,17,18). The van der Waals surface area contributed by atoms with Gasteiger partial charge < -0.3 is 16.0 Å². The largest absolute Gasteiger partial charge is 0.368 e. The molecule has 6 nitrogen and oxygen atoms in total. The molecule has 0 saturated heterocycles. The van der Waals surface area contributed by atoms with E-state index in [2.05, 4.69) is 45.9 Å². The SMILES string of the molecule is CCN(CC)c1nc(N)nc(NC2CCC(C)C2)n1. The van der Waals surface area contributed by atoms with Gasteiger partial charge in [0.2, 0.25) is 17.8 Å². The minimum Gasteiger partial charge on any atom is -0.368 e. The molecule has 1 aliphatic carbocycles. The number of rotatable bonds is 5. The second-order valence-corrected chi connectivity index (χ2v) is 5.25. The van der Waals surface area contributed by atoms with Crippen molar-refractivity contribution in [3.63, 3.8) is 0 Å². The highest BCUT2D eigenvalue weighted by molar-refractivity contribution is 5.42. The zero-order chi connectivity index (χ0) is 13.8. The topological polar surface area (TPSA) is 80.0 Å². The van der Waals surface area contributed by atoms with Gasteiger partial charge in [-0.2, -0.15) is 15.0 Å². The van der Waals surface area contributed by atoms with Crippen molar-refractivity contribution in [1.29, 1.82) is 0 Å². The molecule has 19 heavy (non-hydrogen) atoms. The summed E-state index contributed by atoms with van der Waals surface area (Å²) in [5.41, 5.74) is 5.78. The van der Waals surface area contributed by atoms with Crippen molar-refractivity contribution in [3.8, 4) is 0 Å². The van der Waals surface area contributed by atoms with E-state index in [0.717, 1.165) is 19.0 Å². The normalized spacial score (nSPS) is 22.5. The number of aromatic nitrogens is 3. The van der Waals surface area contributed by atoms with Gasteiger partial charge in [-0.25, -0.2) is 0 Å². The van der Waals surface area contributed by atoms with Gasteiger partial charge >= 0.3 is 0 Å². The predicted octanol–water partition coefficient (Wildman–Crippen LogP) is 1.90. The Morgan fingerprint density at radius 3 is 2.53 bits per heavy atom. The Balaban J connectivity index is 2.12. The first-order valence-electron chi connectivity index (χ1n) is 7.15. The van der Waals surface area contributed by atoms with Crippen molar-refractivity contribution in [3.05, 3.63) is 0 Å². The Kier molecular flexibility index (Phi) is 4.39. The van der Waals surface area contributed by atoms with Crippen molar-refractivity contribution in [2.45, 2.75) is 46.1 Å². The minimum absolute atomic E-state index is 0.283. The van der Waals surface area contributed by atoms with Crippen molar-refractivity contribution < 1.29 is 0 Å². The summed E-state index contributed by atoms with van der Waals surface area (Å²) in [5, 5.41) is 3.39. The summed E-state index contributed by atoms with van der Waals surface area (Å²) in [6, 6.07) is 0.460. The number of hydrogen-bond acceptors (Lipinski definition) is 6. The molecule has 1 heterocycles. The molecular formula is C13H24N6. The Morgan fingerprint density at radius 2 is 1.95 bits per heavy atom. The summed E-state index contributed by atoms with van der Waals surface area (Å²) in [4.78, 5) is 14.9. The fourth-order valence-electron chi connectivity index (χ4n) is 2.61. The summed E-state index contributed by atoms with van der Waals surface area (Å²) in [7, 11) is 0. The second kappa shape index (κ2) is 6.04. The summed E-state index contributed by atoms with van der Waals surface area (Å²) in [5.74, 6) is 2.32. The molecule has 1 aliphatic rings. The number of nitrogens with one attached hydrogen (secondary N) is 1. The fraction of sp³-hybridized carbons (Fsp3) is 0.769. The van der Waals surface area contributed by atoms with Gasteiger partial charge in [-0.1, -0.05) is 6.92 Å². The first kappa shape index (κ1) is 13.8. The van der Waals surface area contributed by atoms with E-state index in [0.29, 0.717) is 17.9 Å². The summed E-state index contributed by atoms with van der Waals surface area (Å²) >= 11 is 0. The van der Waals surface area contributed by atoms with Gasteiger partial charge in [0.05, 0.1) is 0 Å². The Bertz CT molecular complexity index is 418. The minimum atomic E-state index is 0.283. The number of nitrogens with zero attached hydrogens (tertiary/aromatic N) is 4. The highest BCUT2D eigenvalue weighted by Gasteiger charge is 2.22. The van der Waals surface area contributed by atoms with Crippen LogP contribution in [0, 0.1) is 5.92 Å². The molecule has 1 aromatic rings. The molecule has 1 fully saturated rings. The van der Waals surface area contributed by atoms with Gasteiger partial charge in [0.1, 0.15) is 0 Å². The van der Waals surface area contributed by atoms with Crippen LogP contribution in [0.1, 0.15) is 40.0 Å². The smallest absolute Gasteiger partial charge is 0.231 e. The second-order valence-electron chi connectivity index (χ2n) is 5.25. The van der Waals surface area contributed by atoms with Crippen LogP contribution in [0.2, 0.25) is 0 Å². The molecule has 1 aromatic heterocycles. The van der Waals surface area contributed by atoms with Crippen LogP contribution in [-0.4, -0.2) is 34.1 Å². The van der Waals surface area contributed by atoms with Crippen LogP contribution in [0.25, 0.3) is 0 Å². The molecule has 0 aromatic carbocycles. The monoisotopic (exact) mass is 264 g/mol. The molecule has 106 valence electrons. The highest BCUT2D eigenvalue weighted by atomic mass is 15.3. The van der Waals surface area contributed by atoms with Gasteiger partial charge in [-0.3, -0.25) is 0 Å². The number of hydrogen-bond donors (Lipinski definition) is 2. The van der Waals surface area contributed by atoms with E-state index in [1.165, 1.54) is 19.3 Å². The molecule has 3 N–H and O–H groups in total. The van der Waals surface area contributed by atoms with Gasteiger partial charge in [-0.15, -0.1) is 0 Å². The van der Waals surface area contributed by atoms with Crippen LogP contribution in [0.15, 0.2) is 0 Å². The number of anilines is 3. The zero-order valence-corrected chi connectivity index (χ0v) is 12.1. The van der Waals surface area contributed by atoms with Gasteiger partial charge in [0.15, 0.2) is 0 Å². The molecular weight excluding hydrogens is 240 g/mol. The average Bonchev–Trinajstić information content (AvgIpc) is 2.75. The van der Waals surface area contributed by atoms with Crippen molar-refractivity contribution in [2.24, 2.45) is 5.92 Å². The van der Waals surface area contributed by atoms with Gasteiger partial charge in [0.25, 0.3) is 0 Å². The first-order chi connectivity index (χ1) is 9.12. The molecule has 0 radical (unpaired) electrons. The maximum atomic E-state index is 5.78. The summed E-state index contributed by atoms with van der Waals surface area (Å²) in [6.45, 7) is 8.16. The lowest BCUT2D eigenvalue weighted by Gasteiger charge is -2.20. The molecule has 0 bridgehead atoms. The highest BCUT2D eigenvalue weighted by Crippen LogP contribution is 2.27. The lowest BCUT2D eigenvalue weighted by atomic mass is 10.1. The van der Waals surface area contributed by atoms with E-state index in [1.807, 2.05) is 0 Å². The van der Waals surface area contributed by atoms with E-state index >= 15 is 0 Å². The lowest BCUT2D eigenvalue weighted by Crippen LogP contribution is -2.26. The molecule has 6 heteroatoms. The zero-order valence-electron chi connectivity index (χ0n) is 12.1. The Labute approximate surface area is 114 Å².